The maximum Gasteiger partial charge on any atom is 0.288 e. The molecule has 0 aromatic heterocycles. The normalized spacial score (nSPS) is 26.8. The van der Waals surface area contributed by atoms with Crippen molar-refractivity contribution in [1.82, 2.24) is 9.80 Å². The van der Waals surface area contributed by atoms with Crippen molar-refractivity contribution >= 4 is 5.91 Å². The topological polar surface area (TPSA) is 62.2 Å². The van der Waals surface area contributed by atoms with Crippen molar-refractivity contribution in [3.05, 3.63) is 47.7 Å². The van der Waals surface area contributed by atoms with Crippen molar-refractivity contribution in [2.45, 2.75) is 58.3 Å². The van der Waals surface area contributed by atoms with Gasteiger partial charge in [0.1, 0.15) is 0 Å². The third-order valence-electron chi connectivity index (χ3n) is 7.52. The van der Waals surface area contributed by atoms with Crippen LogP contribution in [0.1, 0.15) is 51.0 Å². The molecule has 1 N–H and O–H groups in total. The second-order valence-corrected chi connectivity index (χ2v) is 9.68. The van der Waals surface area contributed by atoms with Crippen molar-refractivity contribution in [3.8, 4) is 0 Å². The van der Waals surface area contributed by atoms with Crippen LogP contribution < -0.4 is 0 Å². The molecular formula is C27H40N2O4. The number of benzene rings is 1. The molecule has 0 spiro atoms. The van der Waals surface area contributed by atoms with Gasteiger partial charge in [0.15, 0.2) is 5.76 Å². The highest BCUT2D eigenvalue weighted by Gasteiger charge is 2.42. The summed E-state index contributed by atoms with van der Waals surface area (Å²) in [5.74, 6) is 1.53. The van der Waals surface area contributed by atoms with Gasteiger partial charge in [0.2, 0.25) is 6.29 Å². The lowest BCUT2D eigenvalue weighted by Gasteiger charge is -2.41. The van der Waals surface area contributed by atoms with Gasteiger partial charge in [-0.1, -0.05) is 43.2 Å². The Morgan fingerprint density at radius 2 is 1.85 bits per heavy atom. The molecule has 1 aliphatic carbocycles. The highest BCUT2D eigenvalue weighted by molar-refractivity contribution is 5.91. The summed E-state index contributed by atoms with van der Waals surface area (Å²) in [5.41, 5.74) is 1.31. The molecule has 33 heavy (non-hydrogen) atoms. The number of hydrogen-bond donors (Lipinski definition) is 1. The molecule has 2 aliphatic heterocycles. The summed E-state index contributed by atoms with van der Waals surface area (Å²) in [6, 6.07) is 10.5. The molecule has 6 heteroatoms. The van der Waals surface area contributed by atoms with E-state index in [4.69, 9.17) is 9.47 Å². The molecule has 182 valence electrons. The van der Waals surface area contributed by atoms with Gasteiger partial charge in [-0.3, -0.25) is 9.69 Å². The van der Waals surface area contributed by atoms with Crippen LogP contribution in [-0.4, -0.2) is 66.5 Å². The standard InChI is InChI=1S/C27H40N2O4/c1-2-32-27-23(13-8-18-30)24(22-11-6-7-12-22)19-25(33-27)26(31)29-16-14-28(15-17-29)20-21-9-4-3-5-10-21/h3-5,9-10,19,22-24,27,30H,2,6-8,11-18,20H2,1H3/t23-,24+,27+/m0/s1. The minimum absolute atomic E-state index is 0.00247. The molecule has 3 aliphatic rings. The van der Waals surface area contributed by atoms with E-state index in [1.807, 2.05) is 17.9 Å². The zero-order valence-electron chi connectivity index (χ0n) is 20.0. The summed E-state index contributed by atoms with van der Waals surface area (Å²) >= 11 is 0. The highest BCUT2D eigenvalue weighted by atomic mass is 16.7. The minimum atomic E-state index is -0.407. The van der Waals surface area contributed by atoms with Crippen LogP contribution in [0.25, 0.3) is 0 Å². The molecule has 2 heterocycles. The van der Waals surface area contributed by atoms with Crippen LogP contribution in [0.5, 0.6) is 0 Å². The van der Waals surface area contributed by atoms with E-state index in [9.17, 15) is 9.90 Å². The summed E-state index contributed by atoms with van der Waals surface area (Å²) < 4.78 is 12.2. The summed E-state index contributed by atoms with van der Waals surface area (Å²) in [4.78, 5) is 17.8. The summed E-state index contributed by atoms with van der Waals surface area (Å²) in [6.45, 7) is 6.80. The van der Waals surface area contributed by atoms with Crippen LogP contribution in [0.3, 0.4) is 0 Å². The van der Waals surface area contributed by atoms with Crippen molar-refractivity contribution in [2.75, 3.05) is 39.4 Å². The number of amides is 1. The highest BCUT2D eigenvalue weighted by Crippen LogP contribution is 2.43. The molecule has 1 saturated carbocycles. The van der Waals surface area contributed by atoms with Crippen LogP contribution in [0.15, 0.2) is 42.2 Å². The Balaban J connectivity index is 1.43. The fourth-order valence-electron chi connectivity index (χ4n) is 5.77. The van der Waals surface area contributed by atoms with Crippen molar-refractivity contribution in [2.24, 2.45) is 17.8 Å². The molecule has 0 unspecified atom stereocenters. The predicted molar refractivity (Wildman–Crippen MR) is 128 cm³/mol. The SMILES string of the molecule is CCO[C@@H]1OC(C(=O)N2CCN(Cc3ccccc3)CC2)=C[C@H](C2CCCC2)[C@@H]1CCCO. The molecule has 2 fully saturated rings. The third-order valence-corrected chi connectivity index (χ3v) is 7.52. The first-order valence-corrected chi connectivity index (χ1v) is 12.9. The Kier molecular flexibility index (Phi) is 8.82. The Labute approximate surface area is 198 Å². The van der Waals surface area contributed by atoms with Crippen LogP contribution >= 0.6 is 0 Å². The number of rotatable bonds is 9. The van der Waals surface area contributed by atoms with E-state index in [-0.39, 0.29) is 24.3 Å². The number of piperazine rings is 1. The van der Waals surface area contributed by atoms with Gasteiger partial charge in [0.05, 0.1) is 0 Å². The predicted octanol–water partition coefficient (Wildman–Crippen LogP) is 3.80. The van der Waals surface area contributed by atoms with Crippen LogP contribution in [0.4, 0.5) is 0 Å². The third kappa shape index (κ3) is 6.17. The maximum atomic E-state index is 13.5. The van der Waals surface area contributed by atoms with Crippen molar-refractivity contribution in [1.29, 1.82) is 0 Å². The monoisotopic (exact) mass is 456 g/mol. The minimum Gasteiger partial charge on any atom is -0.459 e. The number of hydrogen-bond acceptors (Lipinski definition) is 5. The van der Waals surface area contributed by atoms with Crippen LogP contribution in [0, 0.1) is 17.8 Å². The molecular weight excluding hydrogens is 416 g/mol. The Bertz CT molecular complexity index is 770. The molecule has 0 bridgehead atoms. The molecule has 6 nitrogen and oxygen atoms in total. The molecule has 4 rings (SSSR count). The quantitative estimate of drug-likeness (QED) is 0.612. The fourth-order valence-corrected chi connectivity index (χ4v) is 5.77. The fraction of sp³-hybridized carbons (Fsp3) is 0.667. The number of nitrogens with zero attached hydrogens (tertiary/aromatic N) is 2. The largest absolute Gasteiger partial charge is 0.459 e. The molecule has 1 amide bonds. The van der Waals surface area contributed by atoms with Gasteiger partial charge in [-0.15, -0.1) is 0 Å². The lowest BCUT2D eigenvalue weighted by Crippen LogP contribution is -2.50. The van der Waals surface area contributed by atoms with Crippen LogP contribution in [0.2, 0.25) is 0 Å². The molecule has 1 aromatic rings. The zero-order chi connectivity index (χ0) is 23.0. The van der Waals surface area contributed by atoms with E-state index >= 15 is 0 Å². The second kappa shape index (κ2) is 12.0. The van der Waals surface area contributed by atoms with Gasteiger partial charge in [0.25, 0.3) is 5.91 Å². The van der Waals surface area contributed by atoms with E-state index in [0.29, 0.717) is 31.4 Å². The van der Waals surface area contributed by atoms with E-state index in [0.717, 1.165) is 32.5 Å². The summed E-state index contributed by atoms with van der Waals surface area (Å²) in [5, 5.41) is 9.43. The second-order valence-electron chi connectivity index (χ2n) is 9.68. The first-order chi connectivity index (χ1) is 16.2. The average Bonchev–Trinajstić information content (AvgIpc) is 3.39. The molecule has 0 radical (unpaired) electrons. The molecule has 1 aromatic carbocycles. The Hall–Kier alpha value is -1.89. The van der Waals surface area contributed by atoms with E-state index in [1.54, 1.807) is 0 Å². The van der Waals surface area contributed by atoms with Crippen molar-refractivity contribution < 1.29 is 19.4 Å². The first kappa shape index (κ1) is 24.2. The van der Waals surface area contributed by atoms with Gasteiger partial charge >= 0.3 is 0 Å². The Morgan fingerprint density at radius 3 is 2.52 bits per heavy atom. The molecule has 3 atom stereocenters. The van der Waals surface area contributed by atoms with Gasteiger partial charge in [-0.05, 0) is 56.1 Å². The van der Waals surface area contributed by atoms with E-state index in [2.05, 4.69) is 35.2 Å². The smallest absolute Gasteiger partial charge is 0.288 e. The zero-order valence-corrected chi connectivity index (χ0v) is 20.0. The van der Waals surface area contributed by atoms with Gasteiger partial charge in [-0.2, -0.15) is 0 Å². The summed E-state index contributed by atoms with van der Waals surface area (Å²) in [7, 11) is 0. The summed E-state index contributed by atoms with van der Waals surface area (Å²) in [6.07, 6.45) is 8.23. The number of aliphatic hydroxyl groups excluding tert-OH is 1. The molecule has 1 saturated heterocycles. The van der Waals surface area contributed by atoms with Crippen molar-refractivity contribution in [3.63, 3.8) is 0 Å². The van der Waals surface area contributed by atoms with Gasteiger partial charge in [0, 0.05) is 51.9 Å². The number of ether oxygens (including phenoxy) is 2. The lowest BCUT2D eigenvalue weighted by atomic mass is 9.76. The average molecular weight is 457 g/mol. The van der Waals surface area contributed by atoms with Gasteiger partial charge in [-0.25, -0.2) is 0 Å². The van der Waals surface area contributed by atoms with Gasteiger partial charge < -0.3 is 19.5 Å². The number of carbonyl (C=O) groups excluding carboxylic acids is 1. The Morgan fingerprint density at radius 1 is 1.12 bits per heavy atom. The van der Waals surface area contributed by atoms with E-state index < -0.39 is 6.29 Å². The first-order valence-electron chi connectivity index (χ1n) is 12.9. The number of allylic oxidation sites excluding steroid dienone is 1. The lowest BCUT2D eigenvalue weighted by molar-refractivity contribution is -0.179. The van der Waals surface area contributed by atoms with E-state index in [1.165, 1.54) is 31.2 Å². The maximum absolute atomic E-state index is 13.5. The number of aliphatic hydroxyl groups is 1. The number of carbonyl (C=O) groups is 1. The van der Waals surface area contributed by atoms with Crippen LogP contribution in [-0.2, 0) is 20.8 Å².